The van der Waals surface area contributed by atoms with Gasteiger partial charge in [0, 0.05) is 53.8 Å². The molecule has 0 fully saturated rings. The second-order valence-electron chi connectivity index (χ2n) is 7.58. The van der Waals surface area contributed by atoms with E-state index in [1.165, 1.54) is 25.6 Å². The maximum atomic E-state index is 9.03. The molecule has 2 N–H and O–H groups in total. The topological polar surface area (TPSA) is 55.4 Å². The zero-order valence-corrected chi connectivity index (χ0v) is 19.9. The van der Waals surface area contributed by atoms with Gasteiger partial charge in [-0.2, -0.15) is 5.26 Å². The number of nitriles is 1. The van der Waals surface area contributed by atoms with Gasteiger partial charge in [0.15, 0.2) is 0 Å². The lowest BCUT2D eigenvalue weighted by Crippen LogP contribution is -1.75. The molecule has 0 unspecified atom stereocenters. The van der Waals surface area contributed by atoms with E-state index >= 15 is 0 Å². The second kappa shape index (κ2) is 10.4. The van der Waals surface area contributed by atoms with Crippen LogP contribution in [-0.2, 0) is 0 Å². The van der Waals surface area contributed by atoms with E-state index in [1.807, 2.05) is 36.5 Å². The molecule has 3 nitrogen and oxygen atoms in total. The molecular weight excluding hydrogens is 454 g/mol. The minimum Gasteiger partial charge on any atom is -0.361 e. The molecule has 0 amide bonds. The third-order valence-electron chi connectivity index (χ3n) is 5.26. The Morgan fingerprint density at radius 2 is 1.21 bits per heavy atom. The summed E-state index contributed by atoms with van der Waals surface area (Å²) in [6.07, 6.45) is 3.73. The summed E-state index contributed by atoms with van der Waals surface area (Å²) < 4.78 is 0. The van der Waals surface area contributed by atoms with Gasteiger partial charge in [0.05, 0.1) is 5.56 Å². The van der Waals surface area contributed by atoms with Crippen molar-refractivity contribution in [2.75, 3.05) is 0 Å². The Balaban J connectivity index is 0.000000142. The largest absolute Gasteiger partial charge is 0.361 e. The van der Waals surface area contributed by atoms with Gasteiger partial charge in [-0.25, -0.2) is 0 Å². The van der Waals surface area contributed by atoms with E-state index < -0.39 is 0 Å². The monoisotopic (exact) mass is 475 g/mol. The van der Waals surface area contributed by atoms with E-state index in [-0.39, 0.29) is 0 Å². The Kier molecular flexibility index (Phi) is 6.71. The first-order valence-corrected chi connectivity index (χ1v) is 12.5. The predicted molar refractivity (Wildman–Crippen MR) is 142 cm³/mol. The van der Waals surface area contributed by atoms with Gasteiger partial charge in [-0.05, 0) is 66.7 Å². The van der Waals surface area contributed by atoms with E-state index in [4.69, 9.17) is 5.26 Å². The summed E-state index contributed by atoms with van der Waals surface area (Å²) in [6, 6.07) is 37.6. The zero-order chi connectivity index (χ0) is 23.2. The van der Waals surface area contributed by atoms with Crippen molar-refractivity contribution in [1.29, 1.82) is 5.26 Å². The van der Waals surface area contributed by atoms with Gasteiger partial charge in [-0.1, -0.05) is 59.9 Å². The molecule has 164 valence electrons. The van der Waals surface area contributed by atoms with Crippen LogP contribution in [0.1, 0.15) is 5.56 Å². The summed E-state index contributed by atoms with van der Waals surface area (Å²) in [5, 5.41) is 11.3. The minimum atomic E-state index is 0.695. The first-order chi connectivity index (χ1) is 16.8. The van der Waals surface area contributed by atoms with Crippen molar-refractivity contribution in [2.45, 2.75) is 19.6 Å². The number of aromatic nitrogens is 2. The normalized spacial score (nSPS) is 10.6. The molecule has 0 bridgehead atoms. The van der Waals surface area contributed by atoms with Gasteiger partial charge in [0.2, 0.25) is 0 Å². The summed E-state index contributed by atoms with van der Waals surface area (Å²) >= 11 is 3.49. The summed E-state index contributed by atoms with van der Waals surface area (Å²) in [5.41, 5.74) is 2.89. The highest BCUT2D eigenvalue weighted by atomic mass is 32.2. The number of hydrogen-bond donors (Lipinski definition) is 2. The first-order valence-electron chi connectivity index (χ1n) is 10.8. The third kappa shape index (κ3) is 5.20. The number of fused-ring (bicyclic) bond motifs is 2. The fraction of sp³-hybridized carbons (Fsp3) is 0. The lowest BCUT2D eigenvalue weighted by molar-refractivity contribution is 1.41. The lowest BCUT2D eigenvalue weighted by atomic mass is 10.2. The van der Waals surface area contributed by atoms with E-state index in [0.29, 0.717) is 5.56 Å². The number of benzene rings is 4. The van der Waals surface area contributed by atoms with Crippen LogP contribution < -0.4 is 0 Å². The number of nitrogens with one attached hydrogen (secondary N) is 2. The summed E-state index contributed by atoms with van der Waals surface area (Å²) in [5.74, 6) is 0. The molecule has 34 heavy (non-hydrogen) atoms. The maximum Gasteiger partial charge on any atom is 0.101 e. The third-order valence-corrected chi connectivity index (χ3v) is 7.25. The molecular formula is C29H21N3S2. The van der Waals surface area contributed by atoms with Crippen LogP contribution in [0.25, 0.3) is 21.8 Å². The van der Waals surface area contributed by atoms with Gasteiger partial charge in [0.1, 0.15) is 6.07 Å². The number of aromatic amines is 2. The highest BCUT2D eigenvalue weighted by molar-refractivity contribution is 7.99. The molecule has 0 aliphatic carbocycles. The molecule has 4 aromatic carbocycles. The predicted octanol–water partition coefficient (Wildman–Crippen LogP) is 8.51. The van der Waals surface area contributed by atoms with Crippen molar-refractivity contribution < 1.29 is 0 Å². The molecule has 5 heteroatoms. The van der Waals surface area contributed by atoms with Crippen molar-refractivity contribution in [3.8, 4) is 6.07 Å². The molecule has 0 aliphatic rings. The number of rotatable bonds is 4. The average Bonchev–Trinajstić information content (AvgIpc) is 3.52. The van der Waals surface area contributed by atoms with E-state index in [0.717, 1.165) is 15.8 Å². The Hall–Kier alpha value is -3.85. The maximum absolute atomic E-state index is 9.03. The quantitative estimate of drug-likeness (QED) is 0.269. The van der Waals surface area contributed by atoms with Crippen molar-refractivity contribution in [1.82, 2.24) is 9.97 Å². The fourth-order valence-corrected chi connectivity index (χ4v) is 5.37. The van der Waals surface area contributed by atoms with Gasteiger partial charge < -0.3 is 9.97 Å². The smallest absolute Gasteiger partial charge is 0.101 e. The van der Waals surface area contributed by atoms with Crippen LogP contribution in [0.3, 0.4) is 0 Å². The van der Waals surface area contributed by atoms with Gasteiger partial charge in [0.25, 0.3) is 0 Å². The summed E-state index contributed by atoms with van der Waals surface area (Å²) in [4.78, 5) is 11.2. The molecule has 0 saturated heterocycles. The molecule has 0 spiro atoms. The van der Waals surface area contributed by atoms with Crippen LogP contribution >= 0.6 is 23.5 Å². The van der Waals surface area contributed by atoms with Crippen LogP contribution in [0, 0.1) is 11.3 Å². The molecule has 0 radical (unpaired) electrons. The van der Waals surface area contributed by atoms with Crippen LogP contribution in [0.5, 0.6) is 0 Å². The van der Waals surface area contributed by atoms with Gasteiger partial charge in [-0.3, -0.25) is 0 Å². The highest BCUT2D eigenvalue weighted by Crippen LogP contribution is 2.31. The zero-order valence-electron chi connectivity index (χ0n) is 18.2. The Labute approximate surface area is 206 Å². The average molecular weight is 476 g/mol. The van der Waals surface area contributed by atoms with Crippen LogP contribution in [0.4, 0.5) is 0 Å². The first kappa shape index (κ1) is 22.0. The van der Waals surface area contributed by atoms with Crippen molar-refractivity contribution in [3.63, 3.8) is 0 Å². The highest BCUT2D eigenvalue weighted by Gasteiger charge is 2.05. The number of H-pyrrole nitrogens is 2. The number of hydrogen-bond acceptors (Lipinski definition) is 3. The molecule has 6 aromatic rings. The Morgan fingerprint density at radius 1 is 0.588 bits per heavy atom. The molecule has 2 aromatic heterocycles. The molecule has 0 saturated carbocycles. The minimum absolute atomic E-state index is 0.695. The summed E-state index contributed by atoms with van der Waals surface area (Å²) in [7, 11) is 0. The lowest BCUT2D eigenvalue weighted by Gasteiger charge is -2.01. The van der Waals surface area contributed by atoms with Crippen molar-refractivity contribution in [3.05, 3.63) is 121 Å². The van der Waals surface area contributed by atoms with Gasteiger partial charge in [-0.15, -0.1) is 0 Å². The van der Waals surface area contributed by atoms with E-state index in [2.05, 4.69) is 88.8 Å². The van der Waals surface area contributed by atoms with Crippen molar-refractivity contribution in [2.24, 2.45) is 0 Å². The van der Waals surface area contributed by atoms with E-state index in [1.54, 1.807) is 29.7 Å². The fourth-order valence-electron chi connectivity index (χ4n) is 3.60. The second-order valence-corrected chi connectivity index (χ2v) is 9.87. The van der Waals surface area contributed by atoms with Gasteiger partial charge >= 0.3 is 0 Å². The molecule has 0 atom stereocenters. The van der Waals surface area contributed by atoms with E-state index in [9.17, 15) is 0 Å². The molecule has 6 rings (SSSR count). The Morgan fingerprint density at radius 3 is 1.85 bits per heavy atom. The van der Waals surface area contributed by atoms with Crippen LogP contribution in [0.15, 0.2) is 135 Å². The van der Waals surface area contributed by atoms with Crippen LogP contribution in [0.2, 0.25) is 0 Å². The van der Waals surface area contributed by atoms with Crippen molar-refractivity contribution >= 4 is 45.3 Å². The number of nitrogens with zero attached hydrogens (tertiary/aromatic N) is 1. The SMILES string of the molecule is N#Cc1c[nH]c2ccc(Sc3ccccc3)cc12.c1ccc(Sc2ccc3[nH]ccc3c2)cc1. The van der Waals surface area contributed by atoms with Crippen LogP contribution in [-0.4, -0.2) is 9.97 Å². The molecule has 0 aliphatic heterocycles. The standard InChI is InChI=1S/C15H10N2S.C14H11NS/c16-9-11-10-17-15-7-6-13(8-14(11)15)18-12-4-2-1-3-5-12;1-2-4-12(5-3-1)16-13-6-7-14-11(10-13)8-9-15-14/h1-8,10,17H;1-10,15H. The summed E-state index contributed by atoms with van der Waals surface area (Å²) in [6.45, 7) is 0. The molecule has 2 heterocycles. The Bertz CT molecular complexity index is 1560.